The van der Waals surface area contributed by atoms with Crippen molar-refractivity contribution in [3.63, 3.8) is 0 Å². The highest BCUT2D eigenvalue weighted by Crippen LogP contribution is 2.21. The van der Waals surface area contributed by atoms with Gasteiger partial charge in [-0.15, -0.1) is 0 Å². The number of hydrogen-bond donors (Lipinski definition) is 2. The van der Waals surface area contributed by atoms with Crippen molar-refractivity contribution < 1.29 is 5.11 Å². The van der Waals surface area contributed by atoms with E-state index in [0.717, 1.165) is 11.1 Å². The molecule has 0 amide bonds. The Kier molecular flexibility index (Phi) is 15.1. The van der Waals surface area contributed by atoms with Crippen LogP contribution in [0.15, 0.2) is 60.7 Å². The topological polar surface area (TPSA) is 68.1 Å². The van der Waals surface area contributed by atoms with Gasteiger partial charge in [0.1, 0.15) is 11.3 Å². The fourth-order valence-electron chi connectivity index (χ4n) is 1.76. The number of phenols is 1. The highest BCUT2D eigenvalue weighted by molar-refractivity contribution is 5.84. The average molecular weight is 343 g/mol. The van der Waals surface area contributed by atoms with E-state index >= 15 is 0 Å². The number of pyridine rings is 1. The summed E-state index contributed by atoms with van der Waals surface area (Å²) in [5, 5.41) is 10.4. The summed E-state index contributed by atoms with van der Waals surface area (Å²) in [5.74, 6) is 0.246. The van der Waals surface area contributed by atoms with Gasteiger partial charge >= 0.3 is 0 Å². The number of phenolic OH excluding ortho intramolecular Hbond substituents is 1. The predicted molar refractivity (Wildman–Crippen MR) is 112 cm³/mol. The number of aromatic hydroxyl groups is 1. The lowest BCUT2D eigenvalue weighted by Gasteiger charge is -1.99. The summed E-state index contributed by atoms with van der Waals surface area (Å²) in [6.45, 7) is 12.2. The second-order valence-corrected chi connectivity index (χ2v) is 5.16. The Labute approximate surface area is 153 Å². The van der Waals surface area contributed by atoms with Crippen LogP contribution < -0.4 is 6.15 Å². The Hall–Kier alpha value is -2.39. The Morgan fingerprint density at radius 1 is 0.800 bits per heavy atom. The predicted octanol–water partition coefficient (Wildman–Crippen LogP) is 6.85. The maximum Gasteiger partial charge on any atom is 0.141 e. The number of benzene rings is 2. The summed E-state index contributed by atoms with van der Waals surface area (Å²) in [7, 11) is 0. The Balaban J connectivity index is 0. The van der Waals surface area contributed by atoms with Gasteiger partial charge in [-0.3, -0.25) is 0 Å². The first-order chi connectivity index (χ1) is 11.6. The van der Waals surface area contributed by atoms with Gasteiger partial charge in [0, 0.05) is 11.1 Å². The molecule has 0 saturated carbocycles. The van der Waals surface area contributed by atoms with Crippen LogP contribution in [0, 0.1) is 13.8 Å². The minimum atomic E-state index is 0. The molecule has 0 saturated heterocycles. The fraction of sp³-hybridized carbons (Fsp3) is 0.318. The third kappa shape index (κ3) is 10.2. The van der Waals surface area contributed by atoms with Gasteiger partial charge in [-0.05, 0) is 26.0 Å². The normalized spacial score (nSPS) is 8.40. The maximum atomic E-state index is 9.43. The van der Waals surface area contributed by atoms with Gasteiger partial charge in [-0.2, -0.15) is 0 Å². The summed E-state index contributed by atoms with van der Waals surface area (Å²) >= 11 is 0. The van der Waals surface area contributed by atoms with E-state index < -0.39 is 0 Å². The molecule has 3 aromatic rings. The zero-order valence-corrected chi connectivity index (χ0v) is 16.6. The third-order valence-corrected chi connectivity index (χ3v) is 2.78. The van der Waals surface area contributed by atoms with Crippen molar-refractivity contribution in [2.45, 2.75) is 48.0 Å². The smallest absolute Gasteiger partial charge is 0.141 e. The summed E-state index contributed by atoms with van der Waals surface area (Å²) in [5.41, 5.74) is 2.92. The highest BCUT2D eigenvalue weighted by atomic mass is 16.3. The van der Waals surface area contributed by atoms with E-state index in [1.54, 1.807) is 6.07 Å². The zero-order chi connectivity index (χ0) is 18.4. The first-order valence-corrected chi connectivity index (χ1v) is 8.65. The van der Waals surface area contributed by atoms with Gasteiger partial charge in [0.25, 0.3) is 0 Å². The molecule has 1 heterocycles. The molecule has 0 unspecified atom stereocenters. The van der Waals surface area contributed by atoms with Crippen molar-refractivity contribution in [1.82, 2.24) is 11.1 Å². The zero-order valence-electron chi connectivity index (χ0n) is 16.6. The summed E-state index contributed by atoms with van der Waals surface area (Å²) < 4.78 is 0. The minimum absolute atomic E-state index is 0. The third-order valence-electron chi connectivity index (χ3n) is 2.78. The summed E-state index contributed by atoms with van der Waals surface area (Å²) in [6.07, 6.45) is 1.25. The van der Waals surface area contributed by atoms with E-state index in [1.807, 2.05) is 63.2 Å². The van der Waals surface area contributed by atoms with Crippen LogP contribution >= 0.6 is 0 Å². The molecule has 3 nitrogen and oxygen atoms in total. The van der Waals surface area contributed by atoms with Gasteiger partial charge in [0.2, 0.25) is 0 Å². The van der Waals surface area contributed by atoms with Gasteiger partial charge in [-0.25, -0.2) is 4.98 Å². The van der Waals surface area contributed by atoms with Crippen molar-refractivity contribution in [3.05, 3.63) is 71.9 Å². The number of fused-ring (bicyclic) bond motifs is 1. The van der Waals surface area contributed by atoms with Crippen molar-refractivity contribution >= 4 is 10.9 Å². The molecular weight excluding hydrogens is 308 g/mol. The van der Waals surface area contributed by atoms with E-state index in [-0.39, 0.29) is 11.9 Å². The molecule has 3 rings (SSSR count). The van der Waals surface area contributed by atoms with E-state index in [4.69, 9.17) is 0 Å². The summed E-state index contributed by atoms with van der Waals surface area (Å²) in [4.78, 5) is 4.23. The quantitative estimate of drug-likeness (QED) is 0.469. The van der Waals surface area contributed by atoms with E-state index in [0.29, 0.717) is 5.52 Å². The second kappa shape index (κ2) is 15.2. The number of nitrogens with zero attached hydrogens (tertiary/aromatic N) is 1. The lowest BCUT2D eigenvalue weighted by Crippen LogP contribution is -1.82. The monoisotopic (exact) mass is 342 g/mol. The summed E-state index contributed by atoms with van der Waals surface area (Å²) in [6, 6.07) is 19.5. The van der Waals surface area contributed by atoms with Crippen LogP contribution in [0.3, 0.4) is 0 Å². The van der Waals surface area contributed by atoms with Crippen LogP contribution in [0.25, 0.3) is 10.9 Å². The first-order valence-electron chi connectivity index (χ1n) is 8.65. The highest BCUT2D eigenvalue weighted by Gasteiger charge is 1.98. The van der Waals surface area contributed by atoms with Gasteiger partial charge in [0.15, 0.2) is 0 Å². The van der Waals surface area contributed by atoms with E-state index in [2.05, 4.69) is 37.9 Å². The van der Waals surface area contributed by atoms with Crippen molar-refractivity contribution in [1.29, 1.82) is 0 Å². The van der Waals surface area contributed by atoms with Gasteiger partial charge in [0.05, 0.1) is 0 Å². The average Bonchev–Trinajstić information content (AvgIpc) is 2.60. The molecular formula is C22H34N2O. The Morgan fingerprint density at radius 3 is 1.84 bits per heavy atom. The SMILES string of the molecule is CC.CCC.Cc1ccc2cccc(O)c2n1.Cc1ccccc1.N. The second-order valence-electron chi connectivity index (χ2n) is 5.16. The molecule has 0 bridgehead atoms. The molecule has 0 atom stereocenters. The number of aromatic nitrogens is 1. The lowest BCUT2D eigenvalue weighted by atomic mass is 10.2. The van der Waals surface area contributed by atoms with E-state index in [1.165, 1.54) is 12.0 Å². The molecule has 0 spiro atoms. The first kappa shape index (κ1) is 24.9. The largest absolute Gasteiger partial charge is 0.506 e. The maximum absolute atomic E-state index is 9.43. The molecule has 138 valence electrons. The van der Waals surface area contributed by atoms with Gasteiger partial charge in [-0.1, -0.05) is 88.2 Å². The van der Waals surface area contributed by atoms with Crippen LogP contribution in [0.4, 0.5) is 0 Å². The number of aryl methyl sites for hydroxylation is 2. The molecule has 0 aliphatic carbocycles. The molecule has 3 heteroatoms. The van der Waals surface area contributed by atoms with Crippen LogP contribution in [-0.2, 0) is 0 Å². The molecule has 4 N–H and O–H groups in total. The lowest BCUT2D eigenvalue weighted by molar-refractivity contribution is 0.480. The Bertz CT molecular complexity index is 682. The molecule has 25 heavy (non-hydrogen) atoms. The molecule has 2 aromatic carbocycles. The molecule has 0 radical (unpaired) electrons. The number of hydrogen-bond acceptors (Lipinski definition) is 3. The van der Waals surface area contributed by atoms with Gasteiger partial charge < -0.3 is 11.3 Å². The standard InChI is InChI=1S/C10H9NO.C7H8.C3H8.C2H6.H3N/c1-7-5-6-8-3-2-4-9(12)10(8)11-7;1-7-5-3-2-4-6-7;1-3-2;1-2;/h2-6,12H,1H3;2-6H,1H3;3H2,1-2H3;1-2H3;1H3. The molecule has 0 aliphatic heterocycles. The van der Waals surface area contributed by atoms with Crippen molar-refractivity contribution in [2.24, 2.45) is 0 Å². The van der Waals surface area contributed by atoms with Crippen molar-refractivity contribution in [2.75, 3.05) is 0 Å². The van der Waals surface area contributed by atoms with Crippen LogP contribution in [-0.4, -0.2) is 10.1 Å². The van der Waals surface area contributed by atoms with E-state index in [9.17, 15) is 5.11 Å². The number of rotatable bonds is 0. The molecule has 0 aliphatic rings. The van der Waals surface area contributed by atoms with Crippen LogP contribution in [0.2, 0.25) is 0 Å². The Morgan fingerprint density at radius 2 is 1.36 bits per heavy atom. The van der Waals surface area contributed by atoms with Crippen molar-refractivity contribution in [3.8, 4) is 5.75 Å². The molecule has 0 fully saturated rings. The van der Waals surface area contributed by atoms with Crippen LogP contribution in [0.5, 0.6) is 5.75 Å². The minimum Gasteiger partial charge on any atom is -0.506 e. The fourth-order valence-corrected chi connectivity index (χ4v) is 1.76. The van der Waals surface area contributed by atoms with Crippen LogP contribution in [0.1, 0.15) is 45.4 Å². The molecule has 1 aromatic heterocycles. The number of para-hydroxylation sites is 1.